The summed E-state index contributed by atoms with van der Waals surface area (Å²) in [5.41, 5.74) is 1.69. The fourth-order valence-corrected chi connectivity index (χ4v) is 4.02. The zero-order valence-electron chi connectivity index (χ0n) is 12.3. The smallest absolute Gasteiger partial charge is 0.410 e. The lowest BCUT2D eigenvalue weighted by atomic mass is 9.89. The van der Waals surface area contributed by atoms with E-state index in [1.807, 2.05) is 6.07 Å². The molecule has 0 radical (unpaired) electrons. The van der Waals surface area contributed by atoms with Gasteiger partial charge in [-0.05, 0) is 42.9 Å². The number of fused-ring (bicyclic) bond motifs is 1. The number of amides is 1. The predicted octanol–water partition coefficient (Wildman–Crippen LogP) is 4.36. The Morgan fingerprint density at radius 1 is 1.41 bits per heavy atom. The number of hydrogen-bond acceptors (Lipinski definition) is 4. The summed E-state index contributed by atoms with van der Waals surface area (Å²) in [5.74, 6) is 1.11. The lowest BCUT2D eigenvalue weighted by Gasteiger charge is -2.17. The van der Waals surface area contributed by atoms with E-state index >= 15 is 0 Å². The minimum Gasteiger partial charge on any atom is -0.410 e. The van der Waals surface area contributed by atoms with Gasteiger partial charge in [-0.3, -0.25) is 5.32 Å². The van der Waals surface area contributed by atoms with Crippen LogP contribution in [0.15, 0.2) is 30.3 Å². The molecular formula is C17H16N2O2S. The van der Waals surface area contributed by atoms with E-state index < -0.39 is 6.09 Å². The molecule has 1 N–H and O–H groups in total. The minimum atomic E-state index is -0.561. The lowest BCUT2D eigenvalue weighted by molar-refractivity contribution is 0.215. The second kappa shape index (κ2) is 6.20. The van der Waals surface area contributed by atoms with Gasteiger partial charge >= 0.3 is 6.09 Å². The molecule has 1 amide bonds. The van der Waals surface area contributed by atoms with Gasteiger partial charge in [0, 0.05) is 4.88 Å². The first kappa shape index (κ1) is 14.6. The second-order valence-corrected chi connectivity index (χ2v) is 6.60. The molecule has 0 aliphatic heterocycles. The van der Waals surface area contributed by atoms with Crippen LogP contribution >= 0.6 is 11.3 Å². The Hall–Kier alpha value is -2.32. The van der Waals surface area contributed by atoms with Crippen molar-refractivity contribution in [2.75, 3.05) is 5.32 Å². The molecule has 0 bridgehead atoms. The number of rotatable bonds is 2. The van der Waals surface area contributed by atoms with E-state index in [-0.39, 0.29) is 0 Å². The van der Waals surface area contributed by atoms with Crippen LogP contribution in [0.4, 0.5) is 9.80 Å². The molecule has 1 aliphatic carbocycles. The molecule has 0 fully saturated rings. The van der Waals surface area contributed by atoms with E-state index in [1.165, 1.54) is 16.2 Å². The first-order valence-electron chi connectivity index (χ1n) is 7.26. The van der Waals surface area contributed by atoms with E-state index in [1.54, 1.807) is 24.3 Å². The summed E-state index contributed by atoms with van der Waals surface area (Å²) in [7, 11) is 0. The van der Waals surface area contributed by atoms with Gasteiger partial charge in [0.1, 0.15) is 16.8 Å². The van der Waals surface area contributed by atoms with Crippen molar-refractivity contribution in [2.45, 2.75) is 26.2 Å². The van der Waals surface area contributed by atoms with Crippen LogP contribution in [0.2, 0.25) is 0 Å². The summed E-state index contributed by atoms with van der Waals surface area (Å²) in [6.07, 6.45) is 2.41. The van der Waals surface area contributed by atoms with Gasteiger partial charge in [-0.25, -0.2) is 4.79 Å². The molecule has 1 heterocycles. The number of anilines is 1. The quantitative estimate of drug-likeness (QED) is 0.896. The largest absolute Gasteiger partial charge is 0.417 e. The lowest BCUT2D eigenvalue weighted by Crippen LogP contribution is -2.16. The van der Waals surface area contributed by atoms with Gasteiger partial charge in [0.05, 0.1) is 5.56 Å². The van der Waals surface area contributed by atoms with Crippen molar-refractivity contribution in [3.05, 3.63) is 46.3 Å². The summed E-state index contributed by atoms with van der Waals surface area (Å²) in [6, 6.07) is 11.1. The third kappa shape index (κ3) is 2.97. The Morgan fingerprint density at radius 3 is 2.91 bits per heavy atom. The van der Waals surface area contributed by atoms with Crippen LogP contribution in [-0.2, 0) is 12.8 Å². The molecule has 1 atom stereocenters. The monoisotopic (exact) mass is 312 g/mol. The van der Waals surface area contributed by atoms with Crippen molar-refractivity contribution in [3.8, 4) is 11.8 Å². The molecule has 0 saturated carbocycles. The van der Waals surface area contributed by atoms with Crippen molar-refractivity contribution in [1.82, 2.24) is 0 Å². The van der Waals surface area contributed by atoms with Crippen molar-refractivity contribution >= 4 is 22.4 Å². The molecular weight excluding hydrogens is 296 g/mol. The molecule has 22 heavy (non-hydrogen) atoms. The number of hydrogen-bond donors (Lipinski definition) is 1. The minimum absolute atomic E-state index is 0.480. The van der Waals surface area contributed by atoms with Crippen LogP contribution in [0.3, 0.4) is 0 Å². The fraction of sp³-hybridized carbons (Fsp3) is 0.294. The van der Waals surface area contributed by atoms with Gasteiger partial charge in [-0.15, -0.1) is 11.3 Å². The summed E-state index contributed by atoms with van der Waals surface area (Å²) in [6.45, 7) is 2.21. The van der Waals surface area contributed by atoms with Gasteiger partial charge < -0.3 is 4.74 Å². The zero-order chi connectivity index (χ0) is 15.5. The third-order valence-electron chi connectivity index (χ3n) is 3.79. The molecule has 112 valence electrons. The Labute approximate surface area is 133 Å². The zero-order valence-corrected chi connectivity index (χ0v) is 13.1. The molecule has 4 nitrogen and oxygen atoms in total. The highest BCUT2D eigenvalue weighted by Crippen LogP contribution is 2.39. The molecule has 0 saturated heterocycles. The number of carbonyl (C=O) groups is 1. The maximum absolute atomic E-state index is 12.0. The topological polar surface area (TPSA) is 62.1 Å². The summed E-state index contributed by atoms with van der Waals surface area (Å²) in [5, 5.41) is 12.7. The highest BCUT2D eigenvalue weighted by molar-refractivity contribution is 7.16. The molecule has 1 aliphatic rings. The number of carbonyl (C=O) groups excluding carboxylic acids is 1. The molecule has 0 unspecified atom stereocenters. The van der Waals surface area contributed by atoms with E-state index in [0.717, 1.165) is 24.8 Å². The molecule has 1 aromatic carbocycles. The molecule has 0 spiro atoms. The van der Waals surface area contributed by atoms with Crippen molar-refractivity contribution < 1.29 is 9.53 Å². The Balaban J connectivity index is 1.78. The van der Waals surface area contributed by atoms with E-state index in [2.05, 4.69) is 18.3 Å². The number of thiophene rings is 1. The summed E-state index contributed by atoms with van der Waals surface area (Å²) in [4.78, 5) is 13.2. The van der Waals surface area contributed by atoms with Gasteiger partial charge in [-0.1, -0.05) is 25.1 Å². The van der Waals surface area contributed by atoms with Crippen molar-refractivity contribution in [2.24, 2.45) is 5.92 Å². The predicted molar refractivity (Wildman–Crippen MR) is 86.3 cm³/mol. The van der Waals surface area contributed by atoms with E-state index in [9.17, 15) is 10.1 Å². The fourth-order valence-electron chi connectivity index (χ4n) is 2.67. The summed E-state index contributed by atoms with van der Waals surface area (Å²) < 4.78 is 5.22. The first-order valence-corrected chi connectivity index (χ1v) is 8.07. The van der Waals surface area contributed by atoms with Gasteiger partial charge in [-0.2, -0.15) is 5.26 Å². The summed E-state index contributed by atoms with van der Waals surface area (Å²) >= 11 is 1.49. The number of para-hydroxylation sites is 1. The molecule has 3 rings (SSSR count). The Morgan fingerprint density at radius 2 is 2.18 bits per heavy atom. The number of ether oxygens (including phenoxy) is 1. The van der Waals surface area contributed by atoms with E-state index in [4.69, 9.17) is 4.74 Å². The maximum Gasteiger partial charge on any atom is 0.417 e. The molecule has 1 aromatic heterocycles. The van der Waals surface area contributed by atoms with Crippen LogP contribution in [0, 0.1) is 17.2 Å². The van der Waals surface area contributed by atoms with Gasteiger partial charge in [0.15, 0.2) is 0 Å². The van der Waals surface area contributed by atoms with Gasteiger partial charge in [0.2, 0.25) is 0 Å². The van der Waals surface area contributed by atoms with Gasteiger partial charge in [0.25, 0.3) is 0 Å². The van der Waals surface area contributed by atoms with Crippen molar-refractivity contribution in [1.29, 1.82) is 5.26 Å². The van der Waals surface area contributed by atoms with Crippen LogP contribution < -0.4 is 10.1 Å². The van der Waals surface area contributed by atoms with Crippen LogP contribution in [-0.4, -0.2) is 6.09 Å². The molecule has 5 heteroatoms. The SMILES string of the molecule is C[C@H]1CCc2c(sc(NC(=O)Oc3ccccc3)c2C#N)C1. The highest BCUT2D eigenvalue weighted by atomic mass is 32.1. The van der Waals surface area contributed by atoms with E-state index in [0.29, 0.717) is 22.2 Å². The number of nitriles is 1. The standard InChI is InChI=1S/C17H16N2O2S/c1-11-7-8-13-14(10-18)16(22-15(13)9-11)19-17(20)21-12-5-3-2-4-6-12/h2-6,11H,7-9H2,1H3,(H,19,20)/t11-/m0/s1. The normalized spacial score (nSPS) is 16.5. The number of benzene rings is 1. The average Bonchev–Trinajstić information content (AvgIpc) is 2.84. The second-order valence-electron chi connectivity index (χ2n) is 5.50. The van der Waals surface area contributed by atoms with Crippen LogP contribution in [0.25, 0.3) is 0 Å². The highest BCUT2D eigenvalue weighted by Gasteiger charge is 2.24. The Kier molecular flexibility index (Phi) is 4.12. The Bertz CT molecular complexity index is 731. The molecule has 2 aromatic rings. The van der Waals surface area contributed by atoms with Crippen LogP contribution in [0.5, 0.6) is 5.75 Å². The first-order chi connectivity index (χ1) is 10.7. The van der Waals surface area contributed by atoms with Crippen molar-refractivity contribution in [3.63, 3.8) is 0 Å². The average molecular weight is 312 g/mol. The maximum atomic E-state index is 12.0. The van der Waals surface area contributed by atoms with Crippen LogP contribution in [0.1, 0.15) is 29.3 Å². The number of nitrogens with zero attached hydrogens (tertiary/aromatic N) is 1. The number of nitrogens with one attached hydrogen (secondary N) is 1. The third-order valence-corrected chi connectivity index (χ3v) is 4.96.